The van der Waals surface area contributed by atoms with E-state index in [0.717, 1.165) is 0 Å². The standard InChI is InChI=1S/C40H41BrO11/c1-12-26-24(10)29(38(46)51-35-21(7)18(4)31(37(44)45)19(5)22(35)8)17(3)14-27(26)50-40(48)32-20(6)23(9)36(33(41)34(32)43)52-39(47)30-16(2)13-25(42)15-28(30)49-11/h13-15,30,43H,12H2,1-11H3,(H,44,45). The van der Waals surface area contributed by atoms with Crippen LogP contribution in [0.15, 0.2) is 34.0 Å². The van der Waals surface area contributed by atoms with Crippen molar-refractivity contribution in [3.05, 3.63) is 101 Å². The van der Waals surface area contributed by atoms with Crippen molar-refractivity contribution >= 4 is 45.6 Å². The fraction of sp³-hybridized carbons (Fsp3) is 0.325. The van der Waals surface area contributed by atoms with Gasteiger partial charge < -0.3 is 29.2 Å². The average Bonchev–Trinajstić information content (AvgIpc) is 3.06. The van der Waals surface area contributed by atoms with Crippen LogP contribution in [0, 0.1) is 61.3 Å². The number of hydrogen-bond donors (Lipinski definition) is 2. The number of esters is 3. The van der Waals surface area contributed by atoms with Crippen molar-refractivity contribution in [1.82, 2.24) is 0 Å². The molecule has 0 amide bonds. The Balaban J connectivity index is 1.68. The van der Waals surface area contributed by atoms with Gasteiger partial charge in [0.15, 0.2) is 11.5 Å². The van der Waals surface area contributed by atoms with Crippen molar-refractivity contribution in [3.8, 4) is 23.0 Å². The van der Waals surface area contributed by atoms with E-state index in [1.54, 1.807) is 68.4 Å². The highest BCUT2D eigenvalue weighted by molar-refractivity contribution is 9.10. The first-order chi connectivity index (χ1) is 24.3. The van der Waals surface area contributed by atoms with Crippen LogP contribution in [0.5, 0.6) is 23.0 Å². The summed E-state index contributed by atoms with van der Waals surface area (Å²) in [4.78, 5) is 64.6. The minimum absolute atomic E-state index is 0.0195. The molecule has 0 bridgehead atoms. The number of hydrogen-bond acceptors (Lipinski definition) is 10. The zero-order chi connectivity index (χ0) is 39.1. The quantitative estimate of drug-likeness (QED) is 0.160. The van der Waals surface area contributed by atoms with Crippen LogP contribution in [0.1, 0.15) is 95.0 Å². The molecule has 0 heterocycles. The second kappa shape index (κ2) is 15.2. The van der Waals surface area contributed by atoms with E-state index in [1.807, 2.05) is 6.92 Å². The van der Waals surface area contributed by atoms with Crippen molar-refractivity contribution in [2.45, 2.75) is 75.7 Å². The number of phenols is 1. The number of aromatic hydroxyl groups is 1. The molecule has 1 aliphatic rings. The van der Waals surface area contributed by atoms with E-state index in [-0.39, 0.29) is 50.0 Å². The van der Waals surface area contributed by atoms with Gasteiger partial charge in [0.05, 0.1) is 18.2 Å². The smallest absolute Gasteiger partial charge is 0.347 e. The van der Waals surface area contributed by atoms with E-state index in [2.05, 4.69) is 15.9 Å². The van der Waals surface area contributed by atoms with Crippen LogP contribution in [0.2, 0.25) is 0 Å². The fourth-order valence-corrected chi connectivity index (χ4v) is 7.18. The maximum atomic E-state index is 13.8. The largest absolute Gasteiger partial charge is 0.506 e. The number of ketones is 1. The van der Waals surface area contributed by atoms with E-state index in [1.165, 1.54) is 19.3 Å². The molecule has 0 spiro atoms. The van der Waals surface area contributed by atoms with Crippen molar-refractivity contribution in [2.24, 2.45) is 5.92 Å². The molecule has 4 rings (SSSR count). The molecule has 0 aromatic heterocycles. The lowest BCUT2D eigenvalue weighted by molar-refractivity contribution is -0.137. The second-order valence-electron chi connectivity index (χ2n) is 12.8. The number of rotatable bonds is 9. The van der Waals surface area contributed by atoms with Gasteiger partial charge in [0.2, 0.25) is 0 Å². The lowest BCUT2D eigenvalue weighted by atomic mass is 9.92. The molecular formula is C40H41BrO11. The Labute approximate surface area is 310 Å². The summed E-state index contributed by atoms with van der Waals surface area (Å²) in [6.45, 7) is 16.8. The SMILES string of the molecule is CCc1c(OC(=O)c2c(C)c(C)c(OC(=O)C3C(C)=CC(=O)C=C3OC)c(Br)c2O)cc(C)c(C(=O)Oc2c(C)c(C)c(C(=O)O)c(C)c2C)c1C. The van der Waals surface area contributed by atoms with E-state index < -0.39 is 35.5 Å². The van der Waals surface area contributed by atoms with Gasteiger partial charge in [-0.2, -0.15) is 0 Å². The summed E-state index contributed by atoms with van der Waals surface area (Å²) < 4.78 is 22.7. The number of methoxy groups -OCH3 is 1. The lowest BCUT2D eigenvalue weighted by Gasteiger charge is -2.23. The van der Waals surface area contributed by atoms with E-state index in [9.17, 15) is 34.2 Å². The maximum absolute atomic E-state index is 13.8. The van der Waals surface area contributed by atoms with Crippen LogP contribution in [0.4, 0.5) is 0 Å². The summed E-state index contributed by atoms with van der Waals surface area (Å²) in [6.07, 6.45) is 2.89. The molecule has 0 radical (unpaired) electrons. The number of aromatic carboxylic acids is 1. The normalized spacial score (nSPS) is 14.0. The highest BCUT2D eigenvalue weighted by atomic mass is 79.9. The molecule has 12 heteroatoms. The van der Waals surface area contributed by atoms with Crippen LogP contribution >= 0.6 is 15.9 Å². The molecule has 3 aromatic rings. The number of halogens is 1. The fourth-order valence-electron chi connectivity index (χ4n) is 6.60. The minimum atomic E-state index is -1.06. The molecule has 1 unspecified atom stereocenters. The molecule has 1 atom stereocenters. The molecule has 0 saturated carbocycles. The third kappa shape index (κ3) is 6.99. The highest BCUT2D eigenvalue weighted by Gasteiger charge is 2.34. The third-order valence-electron chi connectivity index (χ3n) is 9.79. The number of phenolic OH excluding ortho intramolecular Hbond substituents is 1. The number of carbonyl (C=O) groups excluding carboxylic acids is 4. The minimum Gasteiger partial charge on any atom is -0.506 e. The van der Waals surface area contributed by atoms with Crippen LogP contribution in [0.3, 0.4) is 0 Å². The number of allylic oxidation sites excluding steroid dienone is 2. The number of carbonyl (C=O) groups is 5. The van der Waals surface area contributed by atoms with Gasteiger partial charge in [-0.1, -0.05) is 6.92 Å². The number of benzene rings is 3. The topological polar surface area (TPSA) is 163 Å². The number of aryl methyl sites for hydroxylation is 1. The third-order valence-corrected chi connectivity index (χ3v) is 10.5. The van der Waals surface area contributed by atoms with Gasteiger partial charge in [-0.3, -0.25) is 9.59 Å². The van der Waals surface area contributed by atoms with Gasteiger partial charge >= 0.3 is 23.9 Å². The zero-order valence-electron chi connectivity index (χ0n) is 31.0. The summed E-state index contributed by atoms with van der Waals surface area (Å²) in [5, 5.41) is 21.0. The van der Waals surface area contributed by atoms with Crippen molar-refractivity contribution < 1.29 is 53.1 Å². The molecule has 3 aromatic carbocycles. The predicted octanol–water partition coefficient (Wildman–Crippen LogP) is 7.90. The van der Waals surface area contributed by atoms with Gasteiger partial charge in [0.25, 0.3) is 0 Å². The van der Waals surface area contributed by atoms with Crippen molar-refractivity contribution in [3.63, 3.8) is 0 Å². The molecular weight excluding hydrogens is 736 g/mol. The highest BCUT2D eigenvalue weighted by Crippen LogP contribution is 2.44. The molecule has 1 aliphatic carbocycles. The zero-order valence-corrected chi connectivity index (χ0v) is 32.5. The summed E-state index contributed by atoms with van der Waals surface area (Å²) in [7, 11) is 1.34. The molecule has 274 valence electrons. The maximum Gasteiger partial charge on any atom is 0.347 e. The molecule has 0 fully saturated rings. The van der Waals surface area contributed by atoms with Gasteiger partial charge in [-0.05, 0) is 152 Å². The molecule has 0 saturated heterocycles. The number of carboxylic acid groups (broad SMARTS) is 1. The Morgan fingerprint density at radius 3 is 1.81 bits per heavy atom. The van der Waals surface area contributed by atoms with E-state index in [4.69, 9.17) is 18.9 Å². The van der Waals surface area contributed by atoms with Crippen molar-refractivity contribution in [1.29, 1.82) is 0 Å². The Hall–Kier alpha value is -5.23. The van der Waals surface area contributed by atoms with Crippen molar-refractivity contribution in [2.75, 3.05) is 7.11 Å². The van der Waals surface area contributed by atoms with Crippen LogP contribution in [-0.4, -0.2) is 47.0 Å². The number of carboxylic acids is 1. The summed E-state index contributed by atoms with van der Waals surface area (Å²) >= 11 is 3.28. The first-order valence-electron chi connectivity index (χ1n) is 16.4. The van der Waals surface area contributed by atoms with Crippen LogP contribution in [-0.2, 0) is 20.7 Å². The summed E-state index contributed by atoms with van der Waals surface area (Å²) in [6, 6.07) is 1.56. The van der Waals surface area contributed by atoms with Gasteiger partial charge in [0.1, 0.15) is 39.0 Å². The monoisotopic (exact) mass is 776 g/mol. The summed E-state index contributed by atoms with van der Waals surface area (Å²) in [5.41, 5.74) is 5.00. The molecule has 0 aliphatic heterocycles. The van der Waals surface area contributed by atoms with Gasteiger partial charge in [-0.25, -0.2) is 14.4 Å². The Morgan fingerprint density at radius 2 is 1.27 bits per heavy atom. The predicted molar refractivity (Wildman–Crippen MR) is 196 cm³/mol. The molecule has 52 heavy (non-hydrogen) atoms. The number of ether oxygens (including phenoxy) is 4. The lowest BCUT2D eigenvalue weighted by Crippen LogP contribution is -2.28. The van der Waals surface area contributed by atoms with Crippen LogP contribution < -0.4 is 14.2 Å². The Bertz CT molecular complexity index is 2100. The Morgan fingerprint density at radius 1 is 0.731 bits per heavy atom. The summed E-state index contributed by atoms with van der Waals surface area (Å²) in [5.74, 6) is -4.60. The first kappa shape index (κ1) is 39.6. The average molecular weight is 778 g/mol. The second-order valence-corrected chi connectivity index (χ2v) is 13.6. The molecule has 2 N–H and O–H groups in total. The van der Waals surface area contributed by atoms with Gasteiger partial charge in [0, 0.05) is 6.08 Å². The Kier molecular flexibility index (Phi) is 11.5. The first-order valence-corrected chi connectivity index (χ1v) is 17.2. The van der Waals surface area contributed by atoms with Crippen LogP contribution in [0.25, 0.3) is 0 Å². The van der Waals surface area contributed by atoms with E-state index >= 15 is 0 Å². The molecule has 11 nitrogen and oxygen atoms in total. The van der Waals surface area contributed by atoms with Gasteiger partial charge in [-0.15, -0.1) is 0 Å². The van der Waals surface area contributed by atoms with E-state index in [0.29, 0.717) is 62.1 Å².